The maximum absolute atomic E-state index is 12.0. The molecule has 0 bridgehead atoms. The molecule has 2 atom stereocenters. The Kier molecular flexibility index (Phi) is 5.46. The number of nitrogen functional groups attached to an aromatic ring is 1. The number of nitrogens with two attached hydrogens (primary N) is 1. The number of carbonyl (C=O) groups excluding carboxylic acids is 1. The van der Waals surface area contributed by atoms with Crippen LogP contribution in [0.3, 0.4) is 0 Å². The number of anilines is 2. The number of amides is 1. The Morgan fingerprint density at radius 1 is 1.33 bits per heavy atom. The summed E-state index contributed by atoms with van der Waals surface area (Å²) in [5.41, 5.74) is 8.08. The molecule has 0 saturated carbocycles. The number of nitrogens with zero attached hydrogens (tertiary/aromatic N) is 4. The van der Waals surface area contributed by atoms with E-state index in [9.17, 15) is 9.90 Å². The van der Waals surface area contributed by atoms with Gasteiger partial charge < -0.3 is 21.1 Å². The van der Waals surface area contributed by atoms with E-state index in [4.69, 9.17) is 5.73 Å². The number of likely N-dealkylation sites (N-methyl/N-ethyl adjacent to an activating group) is 1. The Hall–Kier alpha value is -2.87. The zero-order valence-corrected chi connectivity index (χ0v) is 15.9. The first kappa shape index (κ1) is 18.9. The summed E-state index contributed by atoms with van der Waals surface area (Å²) in [6.07, 6.45) is 0. The van der Waals surface area contributed by atoms with E-state index in [1.165, 1.54) is 0 Å². The summed E-state index contributed by atoms with van der Waals surface area (Å²) in [4.78, 5) is 16.3. The van der Waals surface area contributed by atoms with E-state index in [1.807, 2.05) is 19.1 Å². The fourth-order valence-electron chi connectivity index (χ4n) is 3.59. The van der Waals surface area contributed by atoms with Gasteiger partial charge in [-0.15, -0.1) is 10.2 Å². The van der Waals surface area contributed by atoms with Crippen LogP contribution in [0.25, 0.3) is 11.3 Å². The van der Waals surface area contributed by atoms with Gasteiger partial charge in [-0.25, -0.2) is 0 Å². The fourth-order valence-corrected chi connectivity index (χ4v) is 3.59. The van der Waals surface area contributed by atoms with Crippen LogP contribution in [0.4, 0.5) is 11.5 Å². The molecule has 1 aromatic heterocycles. The highest BCUT2D eigenvalue weighted by Crippen LogP contribution is 2.32. The number of piperazine rings is 1. The smallest absolute Gasteiger partial charge is 0.236 e. The summed E-state index contributed by atoms with van der Waals surface area (Å²) in [5.74, 6) is 0.525. The van der Waals surface area contributed by atoms with Crippen LogP contribution >= 0.6 is 0 Å². The van der Waals surface area contributed by atoms with Gasteiger partial charge >= 0.3 is 0 Å². The number of rotatable bonds is 4. The quantitative estimate of drug-likeness (QED) is 0.739. The molecule has 1 aromatic carbocycles. The van der Waals surface area contributed by atoms with Crippen molar-refractivity contribution in [3.8, 4) is 17.0 Å². The normalized spacial score (nSPS) is 18.9. The minimum absolute atomic E-state index is 0.0160. The first-order chi connectivity index (χ1) is 12.9. The van der Waals surface area contributed by atoms with Crippen LogP contribution in [0, 0.1) is 0 Å². The molecule has 0 aliphatic carbocycles. The number of phenolic OH excluding ortho intramolecular Hbond substituents is 1. The van der Waals surface area contributed by atoms with Gasteiger partial charge in [-0.3, -0.25) is 9.69 Å². The number of aromatic nitrogens is 2. The summed E-state index contributed by atoms with van der Waals surface area (Å²) < 4.78 is 0. The van der Waals surface area contributed by atoms with Gasteiger partial charge in [0, 0.05) is 38.3 Å². The van der Waals surface area contributed by atoms with Crippen molar-refractivity contribution in [3.63, 3.8) is 0 Å². The maximum Gasteiger partial charge on any atom is 0.236 e. The number of benzene rings is 1. The molecule has 0 spiro atoms. The SMILES string of the molecule is CNC(=O)[C@H](C)N1CCN(c2cc(-c3ccccc3O)nnc2N)C[C@H]1C. The van der Waals surface area contributed by atoms with E-state index >= 15 is 0 Å². The summed E-state index contributed by atoms with van der Waals surface area (Å²) in [5, 5.41) is 21.0. The van der Waals surface area contributed by atoms with Gasteiger partial charge in [-0.1, -0.05) is 12.1 Å². The van der Waals surface area contributed by atoms with Crippen LogP contribution in [-0.4, -0.2) is 64.9 Å². The summed E-state index contributed by atoms with van der Waals surface area (Å²) >= 11 is 0. The Labute approximate surface area is 159 Å². The van der Waals surface area contributed by atoms with Crippen molar-refractivity contribution in [1.29, 1.82) is 0 Å². The molecule has 2 aromatic rings. The monoisotopic (exact) mass is 370 g/mol. The topological polar surface area (TPSA) is 108 Å². The second-order valence-electron chi connectivity index (χ2n) is 6.84. The zero-order chi connectivity index (χ0) is 19.6. The molecule has 1 aliphatic rings. The van der Waals surface area contributed by atoms with Gasteiger partial charge in [0.2, 0.25) is 5.91 Å². The zero-order valence-electron chi connectivity index (χ0n) is 15.9. The van der Waals surface area contributed by atoms with Crippen molar-refractivity contribution < 1.29 is 9.90 Å². The molecule has 0 radical (unpaired) electrons. The number of nitrogens with one attached hydrogen (secondary N) is 1. The van der Waals surface area contributed by atoms with Crippen LogP contribution in [0.5, 0.6) is 5.75 Å². The van der Waals surface area contributed by atoms with E-state index in [-0.39, 0.29) is 23.7 Å². The Morgan fingerprint density at radius 2 is 2.07 bits per heavy atom. The Bertz CT molecular complexity index is 828. The highest BCUT2D eigenvalue weighted by Gasteiger charge is 2.31. The van der Waals surface area contributed by atoms with Crippen LogP contribution in [0.15, 0.2) is 30.3 Å². The highest BCUT2D eigenvalue weighted by molar-refractivity contribution is 5.81. The summed E-state index contributed by atoms with van der Waals surface area (Å²) in [6, 6.07) is 8.87. The first-order valence-electron chi connectivity index (χ1n) is 9.06. The predicted octanol–water partition coefficient (Wildman–Crippen LogP) is 1.08. The molecule has 2 heterocycles. The van der Waals surface area contributed by atoms with Gasteiger partial charge in [0.15, 0.2) is 5.82 Å². The van der Waals surface area contributed by atoms with E-state index in [0.29, 0.717) is 17.1 Å². The number of carbonyl (C=O) groups is 1. The molecule has 0 unspecified atom stereocenters. The molecule has 1 amide bonds. The van der Waals surface area contributed by atoms with E-state index in [0.717, 1.165) is 25.3 Å². The Morgan fingerprint density at radius 3 is 2.74 bits per heavy atom. The van der Waals surface area contributed by atoms with Gasteiger partial charge in [0.25, 0.3) is 0 Å². The average molecular weight is 370 g/mol. The van der Waals surface area contributed by atoms with Crippen molar-refractivity contribution in [2.75, 3.05) is 37.3 Å². The molecule has 4 N–H and O–H groups in total. The number of hydrogen-bond acceptors (Lipinski definition) is 7. The van der Waals surface area contributed by atoms with Crippen molar-refractivity contribution >= 4 is 17.4 Å². The fraction of sp³-hybridized carbons (Fsp3) is 0.421. The van der Waals surface area contributed by atoms with E-state index in [1.54, 1.807) is 25.2 Å². The lowest BCUT2D eigenvalue weighted by Gasteiger charge is -2.43. The van der Waals surface area contributed by atoms with Crippen molar-refractivity contribution in [2.45, 2.75) is 25.9 Å². The third kappa shape index (κ3) is 3.80. The lowest BCUT2D eigenvalue weighted by molar-refractivity contribution is -0.126. The lowest BCUT2D eigenvalue weighted by Crippen LogP contribution is -2.58. The minimum Gasteiger partial charge on any atom is -0.507 e. The molecule has 1 aliphatic heterocycles. The molecule has 3 rings (SSSR count). The largest absolute Gasteiger partial charge is 0.507 e. The van der Waals surface area contributed by atoms with Gasteiger partial charge in [-0.2, -0.15) is 0 Å². The summed E-state index contributed by atoms with van der Waals surface area (Å²) in [7, 11) is 1.66. The third-order valence-corrected chi connectivity index (χ3v) is 5.12. The summed E-state index contributed by atoms with van der Waals surface area (Å²) in [6.45, 7) is 6.20. The molecule has 27 heavy (non-hydrogen) atoms. The van der Waals surface area contributed by atoms with Crippen molar-refractivity contribution in [2.24, 2.45) is 0 Å². The number of hydrogen-bond donors (Lipinski definition) is 3. The second kappa shape index (κ2) is 7.79. The second-order valence-corrected chi connectivity index (χ2v) is 6.84. The van der Waals surface area contributed by atoms with Crippen LogP contribution in [0.1, 0.15) is 13.8 Å². The minimum atomic E-state index is -0.183. The molecular formula is C19H26N6O2. The maximum atomic E-state index is 12.0. The van der Waals surface area contributed by atoms with Crippen LogP contribution in [-0.2, 0) is 4.79 Å². The molecule has 1 fully saturated rings. The third-order valence-electron chi connectivity index (χ3n) is 5.12. The number of para-hydroxylation sites is 1. The molecule has 8 nitrogen and oxygen atoms in total. The standard InChI is InChI=1S/C19H26N6O2/c1-12-11-24(8-9-25(12)13(2)19(27)21-3)16-10-15(22-23-18(16)20)14-6-4-5-7-17(14)26/h4-7,10,12-13,26H,8-9,11H2,1-3H3,(H2,20,23)(H,21,27)/t12-,13+/m1/s1. The first-order valence-corrected chi connectivity index (χ1v) is 9.06. The van der Waals surface area contributed by atoms with Gasteiger partial charge in [0.1, 0.15) is 5.75 Å². The predicted molar refractivity (Wildman–Crippen MR) is 105 cm³/mol. The highest BCUT2D eigenvalue weighted by atomic mass is 16.3. The van der Waals surface area contributed by atoms with Crippen molar-refractivity contribution in [1.82, 2.24) is 20.4 Å². The van der Waals surface area contributed by atoms with Crippen LogP contribution in [0.2, 0.25) is 0 Å². The van der Waals surface area contributed by atoms with Gasteiger partial charge in [-0.05, 0) is 32.0 Å². The molecule has 144 valence electrons. The molecular weight excluding hydrogens is 344 g/mol. The molecule has 1 saturated heterocycles. The van der Waals surface area contributed by atoms with Gasteiger partial charge in [0.05, 0.1) is 17.4 Å². The Balaban J connectivity index is 1.83. The molecule has 8 heteroatoms. The van der Waals surface area contributed by atoms with E-state index in [2.05, 4.69) is 32.2 Å². The number of aromatic hydroxyl groups is 1. The van der Waals surface area contributed by atoms with E-state index < -0.39 is 0 Å². The van der Waals surface area contributed by atoms with Crippen LogP contribution < -0.4 is 16.0 Å². The average Bonchev–Trinajstić information content (AvgIpc) is 2.67. The lowest BCUT2D eigenvalue weighted by atomic mass is 10.1. The number of phenols is 1. The van der Waals surface area contributed by atoms with Crippen molar-refractivity contribution in [3.05, 3.63) is 30.3 Å².